The van der Waals surface area contributed by atoms with Gasteiger partial charge in [0.1, 0.15) is 0 Å². The quantitative estimate of drug-likeness (QED) is 0.233. The van der Waals surface area contributed by atoms with Crippen LogP contribution in [0, 0.1) is 0 Å². The molecule has 5 rings (SSSR count). The van der Waals surface area contributed by atoms with Gasteiger partial charge < -0.3 is 9.46 Å². The third-order valence-corrected chi connectivity index (χ3v) is 8.81. The predicted octanol–water partition coefficient (Wildman–Crippen LogP) is 7.31. The maximum Gasteiger partial charge on any atom is 0.230 e. The number of anilines is 3. The Hall–Kier alpha value is -4.20. The van der Waals surface area contributed by atoms with Gasteiger partial charge in [-0.3, -0.25) is 4.79 Å². The summed E-state index contributed by atoms with van der Waals surface area (Å²) in [6.45, 7) is 0. The SMILES string of the molecule is O=C(c1ccc(N(c2ccccc2)c2ccccc2)cc1)P(=O)(c1ccccc1)c1ccccc1. The fraction of sp³-hybridized carbons (Fsp3) is 0. The summed E-state index contributed by atoms with van der Waals surface area (Å²) in [5, 5.41) is 1.07. The molecule has 0 aliphatic heterocycles. The first-order chi connectivity index (χ1) is 17.2. The van der Waals surface area contributed by atoms with Crippen molar-refractivity contribution in [3.63, 3.8) is 0 Å². The van der Waals surface area contributed by atoms with Crippen LogP contribution in [0.15, 0.2) is 146 Å². The van der Waals surface area contributed by atoms with Crippen molar-refractivity contribution >= 4 is 40.3 Å². The molecule has 5 aromatic carbocycles. The standard InChI is InChI=1S/C31H24NO2P/c33-31(35(34,29-17-9-3-10-18-29)30-19-11-4-12-20-30)25-21-23-28(24-22-25)32(26-13-5-1-6-14-26)27-15-7-2-8-16-27/h1-24H. The van der Waals surface area contributed by atoms with Crippen molar-refractivity contribution in [1.29, 1.82) is 0 Å². The molecule has 0 bridgehead atoms. The van der Waals surface area contributed by atoms with E-state index in [0.717, 1.165) is 17.1 Å². The highest BCUT2D eigenvalue weighted by Gasteiger charge is 2.36. The van der Waals surface area contributed by atoms with Crippen molar-refractivity contribution in [2.75, 3.05) is 4.90 Å². The molecule has 0 atom stereocenters. The Morgan fingerprint density at radius 2 is 0.800 bits per heavy atom. The van der Waals surface area contributed by atoms with Gasteiger partial charge in [-0.2, -0.15) is 0 Å². The molecule has 0 unspecified atom stereocenters. The van der Waals surface area contributed by atoms with Crippen molar-refractivity contribution in [2.45, 2.75) is 0 Å². The molecule has 0 aliphatic rings. The fourth-order valence-electron chi connectivity index (χ4n) is 4.20. The van der Waals surface area contributed by atoms with Crippen molar-refractivity contribution < 1.29 is 9.36 Å². The lowest BCUT2D eigenvalue weighted by Crippen LogP contribution is -2.22. The Morgan fingerprint density at radius 1 is 0.457 bits per heavy atom. The number of hydrogen-bond donors (Lipinski definition) is 0. The second kappa shape index (κ2) is 9.97. The molecule has 0 saturated heterocycles. The first-order valence-electron chi connectivity index (χ1n) is 11.4. The second-order valence-electron chi connectivity index (χ2n) is 8.14. The summed E-state index contributed by atoms with van der Waals surface area (Å²) in [7, 11) is -3.54. The lowest BCUT2D eigenvalue weighted by Gasteiger charge is -2.25. The Labute approximate surface area is 205 Å². The van der Waals surface area contributed by atoms with E-state index in [-0.39, 0.29) is 5.52 Å². The van der Waals surface area contributed by atoms with Gasteiger partial charge in [0.25, 0.3) is 0 Å². The summed E-state index contributed by atoms with van der Waals surface area (Å²) in [6.07, 6.45) is 0. The number of rotatable bonds is 7. The summed E-state index contributed by atoms with van der Waals surface area (Å²) in [5.74, 6) is 0. The predicted molar refractivity (Wildman–Crippen MR) is 145 cm³/mol. The molecule has 0 spiro atoms. The van der Waals surface area contributed by atoms with Gasteiger partial charge in [0.15, 0.2) is 0 Å². The third-order valence-electron chi connectivity index (χ3n) is 5.93. The van der Waals surface area contributed by atoms with Crippen LogP contribution in [0.1, 0.15) is 10.4 Å². The topological polar surface area (TPSA) is 37.4 Å². The molecule has 5 aromatic rings. The highest BCUT2D eigenvalue weighted by Crippen LogP contribution is 2.47. The molecule has 4 heteroatoms. The maximum atomic E-state index is 14.4. The van der Waals surface area contributed by atoms with E-state index in [1.54, 1.807) is 36.4 Å². The highest BCUT2D eigenvalue weighted by molar-refractivity contribution is 7.93. The van der Waals surface area contributed by atoms with E-state index >= 15 is 0 Å². The molecule has 0 amide bonds. The summed E-state index contributed by atoms with van der Waals surface area (Å²) < 4.78 is 14.4. The van der Waals surface area contributed by atoms with Crippen LogP contribution in [0.3, 0.4) is 0 Å². The summed E-state index contributed by atoms with van der Waals surface area (Å²) in [4.78, 5) is 15.9. The number of carbonyl (C=O) groups excluding carboxylic acids is 1. The minimum atomic E-state index is -3.54. The second-order valence-corrected chi connectivity index (χ2v) is 10.8. The number of hydrogen-bond acceptors (Lipinski definition) is 3. The molecule has 0 saturated carbocycles. The van der Waals surface area contributed by atoms with Crippen molar-refractivity contribution in [1.82, 2.24) is 0 Å². The summed E-state index contributed by atoms with van der Waals surface area (Å²) in [5.41, 5.74) is 2.99. The Morgan fingerprint density at radius 3 is 1.20 bits per heavy atom. The van der Waals surface area contributed by atoms with E-state index < -0.39 is 7.14 Å². The molecule has 35 heavy (non-hydrogen) atoms. The Bertz CT molecular complexity index is 1370. The fourth-order valence-corrected chi connectivity index (χ4v) is 6.66. The maximum absolute atomic E-state index is 14.4. The zero-order chi connectivity index (χ0) is 24.1. The van der Waals surface area contributed by atoms with Gasteiger partial charge in [-0.25, -0.2) is 0 Å². The average molecular weight is 474 g/mol. The number of nitrogens with zero attached hydrogens (tertiary/aromatic N) is 1. The highest BCUT2D eigenvalue weighted by atomic mass is 31.2. The molecule has 170 valence electrons. The van der Waals surface area contributed by atoms with Crippen molar-refractivity contribution in [3.8, 4) is 0 Å². The Balaban J connectivity index is 1.56. The lowest BCUT2D eigenvalue weighted by atomic mass is 10.1. The van der Waals surface area contributed by atoms with Crippen LogP contribution >= 0.6 is 7.14 Å². The molecule has 0 radical (unpaired) electrons. The van der Waals surface area contributed by atoms with Crippen molar-refractivity contribution in [3.05, 3.63) is 151 Å². The molecule has 0 aliphatic carbocycles. The number of carbonyl (C=O) groups is 1. The van der Waals surface area contributed by atoms with E-state index in [1.165, 1.54) is 0 Å². The van der Waals surface area contributed by atoms with Gasteiger partial charge in [0.2, 0.25) is 12.7 Å². The smallest absolute Gasteiger partial charge is 0.230 e. The third kappa shape index (κ3) is 4.47. The van der Waals surface area contributed by atoms with Crippen LogP contribution in [0.5, 0.6) is 0 Å². The van der Waals surface area contributed by atoms with Crippen LogP contribution in [0.2, 0.25) is 0 Å². The first kappa shape index (κ1) is 22.6. The van der Waals surface area contributed by atoms with Gasteiger partial charge in [0, 0.05) is 33.2 Å². The van der Waals surface area contributed by atoms with Crippen LogP contribution in [-0.2, 0) is 4.57 Å². The zero-order valence-electron chi connectivity index (χ0n) is 19.1. The van der Waals surface area contributed by atoms with E-state index in [9.17, 15) is 9.36 Å². The van der Waals surface area contributed by atoms with Crippen LogP contribution in [0.25, 0.3) is 0 Å². The van der Waals surface area contributed by atoms with Crippen LogP contribution in [0.4, 0.5) is 17.1 Å². The molecular formula is C31H24NO2P. The molecule has 0 fully saturated rings. The van der Waals surface area contributed by atoms with Gasteiger partial charge in [0.05, 0.1) is 0 Å². The molecule has 0 N–H and O–H groups in total. The summed E-state index contributed by atoms with van der Waals surface area (Å²) >= 11 is 0. The van der Waals surface area contributed by atoms with Gasteiger partial charge in [-0.05, 0) is 48.5 Å². The van der Waals surface area contributed by atoms with E-state index in [1.807, 2.05) is 109 Å². The average Bonchev–Trinajstić information content (AvgIpc) is 2.95. The van der Waals surface area contributed by atoms with E-state index in [2.05, 4.69) is 4.90 Å². The minimum absolute atomic E-state index is 0.368. The molecule has 3 nitrogen and oxygen atoms in total. The normalized spacial score (nSPS) is 11.1. The first-order valence-corrected chi connectivity index (χ1v) is 13.1. The number of benzene rings is 5. The van der Waals surface area contributed by atoms with Gasteiger partial charge >= 0.3 is 0 Å². The molecule has 0 aromatic heterocycles. The van der Waals surface area contributed by atoms with E-state index in [4.69, 9.17) is 0 Å². The van der Waals surface area contributed by atoms with Crippen molar-refractivity contribution in [2.24, 2.45) is 0 Å². The number of para-hydroxylation sites is 2. The zero-order valence-corrected chi connectivity index (χ0v) is 20.0. The largest absolute Gasteiger partial charge is 0.311 e. The van der Waals surface area contributed by atoms with E-state index in [0.29, 0.717) is 16.2 Å². The van der Waals surface area contributed by atoms with Gasteiger partial charge in [-0.15, -0.1) is 0 Å². The van der Waals surface area contributed by atoms with Crippen LogP contribution < -0.4 is 15.5 Å². The van der Waals surface area contributed by atoms with Crippen LogP contribution in [-0.4, -0.2) is 5.52 Å². The molecule has 0 heterocycles. The lowest BCUT2D eigenvalue weighted by molar-refractivity contribution is 0.107. The Kier molecular flexibility index (Phi) is 6.43. The summed E-state index contributed by atoms with van der Waals surface area (Å²) in [6, 6.07) is 45.6. The molecular weight excluding hydrogens is 449 g/mol. The minimum Gasteiger partial charge on any atom is -0.311 e. The monoisotopic (exact) mass is 473 g/mol. The van der Waals surface area contributed by atoms with Gasteiger partial charge in [-0.1, -0.05) is 97.1 Å².